The number of piperazine rings is 1. The predicted octanol–water partition coefficient (Wildman–Crippen LogP) is 2.54. The fourth-order valence-electron chi connectivity index (χ4n) is 3.03. The van der Waals surface area contributed by atoms with Gasteiger partial charge in [0.25, 0.3) is 5.91 Å². The van der Waals surface area contributed by atoms with Gasteiger partial charge in [-0.2, -0.15) is 0 Å². The third kappa shape index (κ3) is 3.84. The molecule has 0 radical (unpaired) electrons. The molecule has 1 aromatic carbocycles. The van der Waals surface area contributed by atoms with Crippen LogP contribution in [0.15, 0.2) is 35.1 Å². The van der Waals surface area contributed by atoms with Crippen LogP contribution >= 0.6 is 11.3 Å². The molecule has 0 spiro atoms. The first-order valence-corrected chi connectivity index (χ1v) is 9.89. The van der Waals surface area contributed by atoms with E-state index < -0.39 is 0 Å². The summed E-state index contributed by atoms with van der Waals surface area (Å²) in [7, 11) is 0. The number of nitrogens with zero attached hydrogens (tertiary/aromatic N) is 5. The highest BCUT2D eigenvalue weighted by atomic mass is 32.1. The molecular formula is C19H21N5O3S. The summed E-state index contributed by atoms with van der Waals surface area (Å²) >= 11 is 1.47. The smallest absolute Gasteiger partial charge is 0.260 e. The monoisotopic (exact) mass is 399 g/mol. The zero-order chi connectivity index (χ0) is 19.5. The van der Waals surface area contributed by atoms with Crippen molar-refractivity contribution in [2.75, 3.05) is 37.7 Å². The van der Waals surface area contributed by atoms with Crippen LogP contribution < -0.4 is 9.64 Å². The Morgan fingerprint density at radius 3 is 2.75 bits per heavy atom. The molecular weight excluding hydrogens is 378 g/mol. The highest BCUT2D eigenvalue weighted by Gasteiger charge is 2.24. The summed E-state index contributed by atoms with van der Waals surface area (Å²) in [5.74, 6) is 0.766. The molecule has 0 atom stereocenters. The van der Waals surface area contributed by atoms with Gasteiger partial charge in [0, 0.05) is 32.2 Å². The van der Waals surface area contributed by atoms with Crippen molar-refractivity contribution in [3.63, 3.8) is 0 Å². The van der Waals surface area contributed by atoms with Gasteiger partial charge in [0.1, 0.15) is 17.7 Å². The van der Waals surface area contributed by atoms with E-state index in [1.807, 2.05) is 36.9 Å². The van der Waals surface area contributed by atoms with E-state index in [9.17, 15) is 4.79 Å². The molecule has 0 N–H and O–H groups in total. The summed E-state index contributed by atoms with van der Waals surface area (Å²) in [6.07, 6.45) is 1.51. The van der Waals surface area contributed by atoms with Crippen molar-refractivity contribution < 1.29 is 14.1 Å². The summed E-state index contributed by atoms with van der Waals surface area (Å²) < 4.78 is 10.6. The second-order valence-corrected chi connectivity index (χ2v) is 7.59. The first kappa shape index (κ1) is 18.4. The van der Waals surface area contributed by atoms with Crippen LogP contribution in [0.4, 0.5) is 5.13 Å². The minimum Gasteiger partial charge on any atom is -0.483 e. The van der Waals surface area contributed by atoms with Gasteiger partial charge in [0.05, 0.1) is 0 Å². The van der Waals surface area contributed by atoms with Crippen LogP contribution in [0.5, 0.6) is 5.75 Å². The lowest BCUT2D eigenvalue weighted by Gasteiger charge is -2.34. The van der Waals surface area contributed by atoms with Crippen LogP contribution in [0.3, 0.4) is 0 Å². The maximum Gasteiger partial charge on any atom is 0.260 e. The Morgan fingerprint density at radius 1 is 1.18 bits per heavy atom. The highest BCUT2D eigenvalue weighted by Crippen LogP contribution is 2.28. The Morgan fingerprint density at radius 2 is 2.00 bits per heavy atom. The summed E-state index contributed by atoms with van der Waals surface area (Å²) in [6.45, 7) is 6.78. The van der Waals surface area contributed by atoms with Crippen LogP contribution in [0.2, 0.25) is 0 Å². The fourth-order valence-corrected chi connectivity index (χ4v) is 3.89. The molecule has 3 heterocycles. The van der Waals surface area contributed by atoms with E-state index in [2.05, 4.69) is 20.3 Å². The summed E-state index contributed by atoms with van der Waals surface area (Å²) in [6, 6.07) is 7.63. The van der Waals surface area contributed by atoms with E-state index in [1.165, 1.54) is 17.6 Å². The highest BCUT2D eigenvalue weighted by molar-refractivity contribution is 7.18. The van der Waals surface area contributed by atoms with Crippen molar-refractivity contribution in [1.29, 1.82) is 0 Å². The number of benzene rings is 1. The molecule has 1 amide bonds. The Balaban J connectivity index is 1.30. The third-order valence-corrected chi connectivity index (χ3v) is 5.89. The number of hydrogen-bond acceptors (Lipinski definition) is 8. The Bertz CT molecular complexity index is 948. The maximum absolute atomic E-state index is 12.5. The lowest BCUT2D eigenvalue weighted by molar-refractivity contribution is -0.133. The van der Waals surface area contributed by atoms with Crippen LogP contribution in [0.25, 0.3) is 10.7 Å². The molecule has 0 aliphatic carbocycles. The molecule has 9 heteroatoms. The molecule has 8 nitrogen and oxygen atoms in total. The number of aromatic nitrogens is 3. The molecule has 0 bridgehead atoms. The van der Waals surface area contributed by atoms with Crippen molar-refractivity contribution in [2.45, 2.75) is 13.8 Å². The van der Waals surface area contributed by atoms with Crippen molar-refractivity contribution in [2.24, 2.45) is 0 Å². The second kappa shape index (κ2) is 7.97. The van der Waals surface area contributed by atoms with Crippen molar-refractivity contribution >= 4 is 22.4 Å². The van der Waals surface area contributed by atoms with Gasteiger partial charge in [0.2, 0.25) is 5.13 Å². The largest absolute Gasteiger partial charge is 0.483 e. The molecule has 0 unspecified atom stereocenters. The first-order chi connectivity index (χ1) is 13.6. The van der Waals surface area contributed by atoms with E-state index in [-0.39, 0.29) is 12.5 Å². The number of ether oxygens (including phenoxy) is 1. The number of carbonyl (C=O) groups excluding carboxylic acids is 1. The van der Waals surface area contributed by atoms with Crippen LogP contribution in [0, 0.1) is 13.8 Å². The average Bonchev–Trinajstić information content (AvgIpc) is 3.41. The molecule has 1 aliphatic rings. The van der Waals surface area contributed by atoms with Gasteiger partial charge in [0.15, 0.2) is 11.6 Å². The molecule has 2 aromatic heterocycles. The number of aryl methyl sites for hydroxylation is 1. The first-order valence-electron chi connectivity index (χ1n) is 9.08. The van der Waals surface area contributed by atoms with Crippen LogP contribution in [-0.2, 0) is 4.79 Å². The predicted molar refractivity (Wildman–Crippen MR) is 106 cm³/mol. The fraction of sp³-hybridized carbons (Fsp3) is 0.368. The van der Waals surface area contributed by atoms with Crippen molar-refractivity contribution in [3.8, 4) is 16.5 Å². The molecule has 146 valence electrons. The Labute approximate surface area is 166 Å². The maximum atomic E-state index is 12.5. The Kier molecular flexibility index (Phi) is 5.25. The van der Waals surface area contributed by atoms with E-state index in [1.54, 1.807) is 6.07 Å². The van der Waals surface area contributed by atoms with Gasteiger partial charge in [-0.05, 0) is 31.0 Å². The van der Waals surface area contributed by atoms with E-state index in [0.29, 0.717) is 31.9 Å². The third-order valence-electron chi connectivity index (χ3n) is 4.88. The minimum absolute atomic E-state index is 0.00102. The standard InChI is InChI=1S/C19H21N5O3S/c1-13-4-3-5-16(14(13)2)26-12-17(25)23-7-9-24(10-8-23)19-21-20-18(28-19)15-6-11-27-22-15/h3-6,11H,7-10,12H2,1-2H3. The number of anilines is 1. The van der Waals surface area contributed by atoms with Gasteiger partial charge in [-0.25, -0.2) is 0 Å². The average molecular weight is 399 g/mol. The summed E-state index contributed by atoms with van der Waals surface area (Å²) in [5, 5.41) is 13.9. The molecule has 4 rings (SSSR count). The zero-order valence-corrected chi connectivity index (χ0v) is 16.6. The molecule has 1 aliphatic heterocycles. The molecule has 28 heavy (non-hydrogen) atoms. The van der Waals surface area contributed by atoms with Gasteiger partial charge >= 0.3 is 0 Å². The van der Waals surface area contributed by atoms with Gasteiger partial charge in [-0.3, -0.25) is 4.79 Å². The number of hydrogen-bond donors (Lipinski definition) is 0. The zero-order valence-electron chi connectivity index (χ0n) is 15.8. The molecule has 1 saturated heterocycles. The van der Waals surface area contributed by atoms with Gasteiger partial charge in [-0.1, -0.05) is 28.6 Å². The van der Waals surface area contributed by atoms with Gasteiger partial charge in [-0.15, -0.1) is 10.2 Å². The van der Waals surface area contributed by atoms with Crippen LogP contribution in [-0.4, -0.2) is 58.9 Å². The lowest BCUT2D eigenvalue weighted by atomic mass is 10.1. The lowest BCUT2D eigenvalue weighted by Crippen LogP contribution is -2.50. The number of rotatable bonds is 5. The minimum atomic E-state index is 0.00102. The molecule has 3 aromatic rings. The van der Waals surface area contributed by atoms with Crippen molar-refractivity contribution in [3.05, 3.63) is 41.7 Å². The summed E-state index contributed by atoms with van der Waals surface area (Å²) in [5.41, 5.74) is 2.90. The van der Waals surface area contributed by atoms with Crippen LogP contribution in [0.1, 0.15) is 11.1 Å². The molecule has 1 fully saturated rings. The van der Waals surface area contributed by atoms with Crippen molar-refractivity contribution in [1.82, 2.24) is 20.3 Å². The van der Waals surface area contributed by atoms with Gasteiger partial charge < -0.3 is 19.1 Å². The quantitative estimate of drug-likeness (QED) is 0.652. The number of carbonyl (C=O) groups is 1. The summed E-state index contributed by atoms with van der Waals surface area (Å²) in [4.78, 5) is 16.5. The SMILES string of the molecule is Cc1cccc(OCC(=O)N2CCN(c3nnc(-c4ccon4)s3)CC2)c1C. The van der Waals surface area contributed by atoms with E-state index in [4.69, 9.17) is 9.26 Å². The Hall–Kier alpha value is -2.94. The molecule has 0 saturated carbocycles. The van der Waals surface area contributed by atoms with E-state index >= 15 is 0 Å². The second-order valence-electron chi connectivity index (χ2n) is 6.63. The number of amides is 1. The topological polar surface area (TPSA) is 84.6 Å². The van der Waals surface area contributed by atoms with E-state index in [0.717, 1.165) is 27.0 Å². The normalized spacial score (nSPS) is 14.4.